The summed E-state index contributed by atoms with van der Waals surface area (Å²) in [5.74, 6) is 0.407. The van der Waals surface area contributed by atoms with Crippen molar-refractivity contribution in [3.05, 3.63) is 64.2 Å². The van der Waals surface area contributed by atoms with Crippen LogP contribution in [-0.4, -0.2) is 33.9 Å². The molecule has 2 aromatic heterocycles. The number of pyridine rings is 1. The molecule has 1 aliphatic carbocycles. The Bertz CT molecular complexity index is 1040. The summed E-state index contributed by atoms with van der Waals surface area (Å²) in [5.41, 5.74) is 10.5. The highest BCUT2D eigenvalue weighted by Crippen LogP contribution is 2.30. The Morgan fingerprint density at radius 2 is 1.97 bits per heavy atom. The summed E-state index contributed by atoms with van der Waals surface area (Å²) in [6.07, 6.45) is 13.3. The zero-order valence-corrected chi connectivity index (χ0v) is 19.7. The summed E-state index contributed by atoms with van der Waals surface area (Å²) in [6.45, 7) is 3.95. The molecule has 8 heteroatoms. The normalized spacial score (nSPS) is 17.8. The van der Waals surface area contributed by atoms with Crippen LogP contribution in [0.2, 0.25) is 5.02 Å². The van der Waals surface area contributed by atoms with Crippen molar-refractivity contribution >= 4 is 29.1 Å². The number of nitrogens with one attached hydrogen (secondary N) is 2. The van der Waals surface area contributed by atoms with Crippen molar-refractivity contribution in [2.45, 2.75) is 51.4 Å². The summed E-state index contributed by atoms with van der Waals surface area (Å²) >= 11 is 6.39. The number of piperidine rings is 1. The Hall–Kier alpha value is -2.77. The van der Waals surface area contributed by atoms with Gasteiger partial charge in [0.1, 0.15) is 0 Å². The third-order valence-electron chi connectivity index (χ3n) is 6.43. The Morgan fingerprint density at radius 1 is 1.18 bits per heavy atom. The summed E-state index contributed by atoms with van der Waals surface area (Å²) < 4.78 is 0. The van der Waals surface area contributed by atoms with Crippen LogP contribution in [-0.2, 0) is 11.2 Å². The number of amides is 1. The average molecular weight is 467 g/mol. The van der Waals surface area contributed by atoms with Crippen molar-refractivity contribution in [1.29, 1.82) is 0 Å². The first-order valence-corrected chi connectivity index (χ1v) is 12.0. The molecule has 0 spiro atoms. The average Bonchev–Trinajstić information content (AvgIpc) is 2.85. The van der Waals surface area contributed by atoms with Gasteiger partial charge in [-0.2, -0.15) is 0 Å². The largest absolute Gasteiger partial charge is 0.369 e. The number of carbonyl (C=O) groups is 1. The number of halogens is 1. The van der Waals surface area contributed by atoms with E-state index in [2.05, 4.69) is 43.8 Å². The predicted molar refractivity (Wildman–Crippen MR) is 131 cm³/mol. The van der Waals surface area contributed by atoms with Gasteiger partial charge in [-0.1, -0.05) is 23.8 Å². The number of nitrogens with two attached hydrogens (primary N) is 1. The lowest BCUT2D eigenvalue weighted by molar-refractivity contribution is -0.120. The van der Waals surface area contributed by atoms with Gasteiger partial charge >= 0.3 is 0 Å². The molecule has 0 aromatic carbocycles. The van der Waals surface area contributed by atoms with Crippen LogP contribution < -0.4 is 16.4 Å². The van der Waals surface area contributed by atoms with Crippen molar-refractivity contribution in [2.24, 2.45) is 11.7 Å². The minimum Gasteiger partial charge on any atom is -0.369 e. The fraction of sp³-hybridized carbons (Fsp3) is 0.440. The van der Waals surface area contributed by atoms with Gasteiger partial charge in [0.05, 0.1) is 34.7 Å². The van der Waals surface area contributed by atoms with Crippen LogP contribution in [0.5, 0.6) is 0 Å². The lowest BCUT2D eigenvalue weighted by atomic mass is 9.85. The highest BCUT2D eigenvalue weighted by Gasteiger charge is 2.20. The monoisotopic (exact) mass is 466 g/mol. The van der Waals surface area contributed by atoms with Crippen molar-refractivity contribution in [3.8, 4) is 0 Å². The van der Waals surface area contributed by atoms with Gasteiger partial charge in [-0.05, 0) is 81.8 Å². The van der Waals surface area contributed by atoms with E-state index in [1.807, 2.05) is 19.2 Å². The molecule has 174 valence electrons. The van der Waals surface area contributed by atoms with E-state index in [-0.39, 0.29) is 11.8 Å². The molecule has 2 aromatic rings. The number of carbonyl (C=O) groups excluding carboxylic acids is 1. The molecule has 1 unspecified atom stereocenters. The zero-order valence-electron chi connectivity index (χ0n) is 19.0. The minimum atomic E-state index is -0.305. The number of hydrogen-bond donors (Lipinski definition) is 3. The third-order valence-corrected chi connectivity index (χ3v) is 6.75. The van der Waals surface area contributed by atoms with Gasteiger partial charge < -0.3 is 16.4 Å². The van der Waals surface area contributed by atoms with E-state index in [1.54, 1.807) is 6.20 Å². The third kappa shape index (κ3) is 5.97. The lowest BCUT2D eigenvalue weighted by Gasteiger charge is -2.22. The second kappa shape index (κ2) is 10.9. The Morgan fingerprint density at radius 3 is 2.70 bits per heavy atom. The first-order chi connectivity index (χ1) is 16.0. The first-order valence-electron chi connectivity index (χ1n) is 11.6. The van der Waals surface area contributed by atoms with Gasteiger partial charge in [0.25, 0.3) is 0 Å². The quantitative estimate of drug-likeness (QED) is 0.531. The minimum absolute atomic E-state index is 0.296. The lowest BCUT2D eigenvalue weighted by Crippen LogP contribution is -2.27. The van der Waals surface area contributed by atoms with Crippen molar-refractivity contribution in [2.75, 3.05) is 18.4 Å². The van der Waals surface area contributed by atoms with Crippen LogP contribution in [0.3, 0.4) is 0 Å². The fourth-order valence-electron chi connectivity index (χ4n) is 4.46. The van der Waals surface area contributed by atoms with Gasteiger partial charge in [0.15, 0.2) is 0 Å². The second-order valence-electron chi connectivity index (χ2n) is 8.70. The van der Waals surface area contributed by atoms with Crippen LogP contribution >= 0.6 is 11.6 Å². The smallest absolute Gasteiger partial charge is 0.227 e. The molecule has 2 aliphatic rings. The Labute approximate surface area is 200 Å². The van der Waals surface area contributed by atoms with Crippen LogP contribution in [0.25, 0.3) is 0 Å². The standard InChI is InChI=1S/C25H31ClN6O/c1-16(24(27)33)20-5-3-2-4-17(20)6-8-23-21(26)15-30-25(32-23)31-19-7-9-22(29-14-19)18-10-12-28-13-11-18/h4-5,7,9,14-16,18,28H,2-3,6,8,10-13H2,1H3,(H2,27,33)(H,30,31,32). The molecule has 4 N–H and O–H groups in total. The number of aryl methyl sites for hydroxylation is 1. The summed E-state index contributed by atoms with van der Waals surface area (Å²) in [7, 11) is 0. The highest BCUT2D eigenvalue weighted by atomic mass is 35.5. The Kier molecular flexibility index (Phi) is 7.73. The highest BCUT2D eigenvalue weighted by molar-refractivity contribution is 6.31. The SMILES string of the molecule is CC(C(N)=O)C1=CCCC=C1CCc1nc(Nc2ccc(C3CCNCC3)nc2)ncc1Cl. The van der Waals surface area contributed by atoms with E-state index in [0.717, 1.165) is 73.4 Å². The number of anilines is 2. The van der Waals surface area contributed by atoms with E-state index in [4.69, 9.17) is 17.3 Å². The maximum atomic E-state index is 11.7. The molecule has 1 saturated heterocycles. The van der Waals surface area contributed by atoms with Gasteiger partial charge in [-0.25, -0.2) is 9.97 Å². The number of hydrogen-bond acceptors (Lipinski definition) is 6. The van der Waals surface area contributed by atoms with Gasteiger partial charge in [0, 0.05) is 11.6 Å². The van der Waals surface area contributed by atoms with E-state index < -0.39 is 0 Å². The first kappa shape index (κ1) is 23.4. The fourth-order valence-corrected chi connectivity index (χ4v) is 4.64. The number of rotatable bonds is 8. The molecule has 1 amide bonds. The zero-order chi connectivity index (χ0) is 23.2. The van der Waals surface area contributed by atoms with E-state index in [9.17, 15) is 4.79 Å². The summed E-state index contributed by atoms with van der Waals surface area (Å²) in [4.78, 5) is 25.3. The van der Waals surface area contributed by atoms with E-state index >= 15 is 0 Å². The van der Waals surface area contributed by atoms with Crippen molar-refractivity contribution < 1.29 is 4.79 Å². The van der Waals surface area contributed by atoms with E-state index in [1.165, 1.54) is 0 Å². The topological polar surface area (TPSA) is 106 Å². The summed E-state index contributed by atoms with van der Waals surface area (Å²) in [5, 5.41) is 7.16. The van der Waals surface area contributed by atoms with Crippen LogP contribution in [0.1, 0.15) is 56.3 Å². The van der Waals surface area contributed by atoms with Crippen LogP contribution in [0, 0.1) is 5.92 Å². The van der Waals surface area contributed by atoms with Gasteiger partial charge in [0.2, 0.25) is 11.9 Å². The number of primary amides is 1. The molecule has 1 atom stereocenters. The summed E-state index contributed by atoms with van der Waals surface area (Å²) in [6, 6.07) is 4.11. The Balaban J connectivity index is 1.41. The molecule has 4 rings (SSSR count). The number of aromatic nitrogens is 3. The maximum absolute atomic E-state index is 11.7. The molecule has 7 nitrogen and oxygen atoms in total. The van der Waals surface area contributed by atoms with Crippen LogP contribution in [0.4, 0.5) is 11.6 Å². The molecular weight excluding hydrogens is 436 g/mol. The molecule has 0 bridgehead atoms. The number of nitrogens with zero attached hydrogens (tertiary/aromatic N) is 3. The molecule has 0 saturated carbocycles. The maximum Gasteiger partial charge on any atom is 0.227 e. The molecule has 1 fully saturated rings. The number of allylic oxidation sites excluding steroid dienone is 3. The second-order valence-corrected chi connectivity index (χ2v) is 9.11. The molecular formula is C25H31ClN6O. The van der Waals surface area contributed by atoms with Gasteiger partial charge in [-0.15, -0.1) is 0 Å². The molecule has 33 heavy (non-hydrogen) atoms. The van der Waals surface area contributed by atoms with Gasteiger partial charge in [-0.3, -0.25) is 9.78 Å². The molecule has 3 heterocycles. The van der Waals surface area contributed by atoms with Crippen molar-refractivity contribution in [1.82, 2.24) is 20.3 Å². The van der Waals surface area contributed by atoms with Crippen LogP contribution in [0.15, 0.2) is 47.8 Å². The molecule has 1 aliphatic heterocycles. The molecule has 0 radical (unpaired) electrons. The predicted octanol–water partition coefficient (Wildman–Crippen LogP) is 4.44. The van der Waals surface area contributed by atoms with Crippen molar-refractivity contribution in [3.63, 3.8) is 0 Å². The van der Waals surface area contributed by atoms with E-state index in [0.29, 0.717) is 23.3 Å².